The summed E-state index contributed by atoms with van der Waals surface area (Å²) >= 11 is 0. The highest BCUT2D eigenvalue weighted by Crippen LogP contribution is 2.53. The molecule has 1 aromatic heterocycles. The predicted molar refractivity (Wildman–Crippen MR) is 165 cm³/mol. The number of hydrogen-bond acceptors (Lipinski definition) is 7. The molecule has 2 aromatic carbocycles. The zero-order valence-electron chi connectivity index (χ0n) is 23.0. The van der Waals surface area contributed by atoms with E-state index in [1.807, 2.05) is 60.7 Å². The number of anilines is 2. The van der Waals surface area contributed by atoms with Crippen LogP contribution in [0.4, 0.5) is 11.6 Å². The average Bonchev–Trinajstić information content (AvgIpc) is 3.54. The fourth-order valence-corrected chi connectivity index (χ4v) is 7.14. The third-order valence-corrected chi connectivity index (χ3v) is 9.56. The molecule has 5 rings (SSSR count). The first-order valence-corrected chi connectivity index (χ1v) is 15.3. The van der Waals surface area contributed by atoms with Gasteiger partial charge in [0.2, 0.25) is 11.8 Å². The van der Waals surface area contributed by atoms with Gasteiger partial charge < -0.3 is 21.1 Å². The minimum absolute atomic E-state index is 0.0955. The number of aromatic nitrogens is 2. The van der Waals surface area contributed by atoms with Crippen molar-refractivity contribution < 1.29 is 14.7 Å². The Kier molecular flexibility index (Phi) is 9.13. The van der Waals surface area contributed by atoms with Crippen molar-refractivity contribution >= 4 is 34.3 Å². The number of thiol groups is 1. The molecule has 0 saturated carbocycles. The Morgan fingerprint density at radius 3 is 2.39 bits per heavy atom. The summed E-state index contributed by atoms with van der Waals surface area (Å²) in [6.45, 7) is 3.15. The molecule has 1 saturated heterocycles. The Morgan fingerprint density at radius 2 is 1.68 bits per heavy atom. The molecule has 0 aliphatic carbocycles. The standard InChI is InChI=1S/C31H36N6O3S/c1-23(38)32-15-16-33-27-20-28(36-30(35-27)25-12-6-3-7-13-25)34-29(39)22-37-17-14-31(40,41-18-8-9-19-41)21-26(37)24-10-4-2-5-11-24/h2-13,18-20,26,40-41H,14-17,21-22H2,1H3,(H,32,38)(H2,33,34,35,36,39). The van der Waals surface area contributed by atoms with Gasteiger partial charge in [-0.1, -0.05) is 72.8 Å². The highest BCUT2D eigenvalue weighted by atomic mass is 32.2. The lowest BCUT2D eigenvalue weighted by Crippen LogP contribution is -2.48. The number of piperidine rings is 1. The van der Waals surface area contributed by atoms with Gasteiger partial charge in [-0.2, -0.15) is 10.9 Å². The van der Waals surface area contributed by atoms with E-state index >= 15 is 0 Å². The summed E-state index contributed by atoms with van der Waals surface area (Å²) in [4.78, 5) is 35.2. The molecule has 9 nitrogen and oxygen atoms in total. The molecule has 2 atom stereocenters. The van der Waals surface area contributed by atoms with E-state index in [1.54, 1.807) is 6.07 Å². The second-order valence-corrected chi connectivity index (χ2v) is 12.5. The molecule has 10 heteroatoms. The molecule has 2 aliphatic heterocycles. The summed E-state index contributed by atoms with van der Waals surface area (Å²) in [6, 6.07) is 21.3. The van der Waals surface area contributed by atoms with Crippen LogP contribution in [0.2, 0.25) is 0 Å². The topological polar surface area (TPSA) is 119 Å². The van der Waals surface area contributed by atoms with Gasteiger partial charge in [-0.15, -0.1) is 0 Å². The Morgan fingerprint density at radius 1 is 1.00 bits per heavy atom. The van der Waals surface area contributed by atoms with Crippen LogP contribution >= 0.6 is 10.9 Å². The first kappa shape index (κ1) is 28.5. The average molecular weight is 573 g/mol. The first-order chi connectivity index (χ1) is 19.9. The van der Waals surface area contributed by atoms with Crippen molar-refractivity contribution in [1.82, 2.24) is 20.2 Å². The van der Waals surface area contributed by atoms with Gasteiger partial charge in [0.25, 0.3) is 0 Å². The Balaban J connectivity index is 1.32. The van der Waals surface area contributed by atoms with E-state index < -0.39 is 15.8 Å². The van der Waals surface area contributed by atoms with Crippen LogP contribution in [0, 0.1) is 0 Å². The minimum Gasteiger partial charge on any atom is -0.381 e. The molecule has 0 bridgehead atoms. The summed E-state index contributed by atoms with van der Waals surface area (Å²) in [5, 5.41) is 24.8. The molecule has 2 amide bonds. The fourth-order valence-electron chi connectivity index (χ4n) is 5.17. The number of nitrogens with zero attached hydrogens (tertiary/aromatic N) is 3. The lowest BCUT2D eigenvalue weighted by atomic mass is 9.92. The van der Waals surface area contributed by atoms with Crippen LogP contribution in [0.15, 0.2) is 89.7 Å². The highest BCUT2D eigenvalue weighted by molar-refractivity contribution is 8.23. The summed E-state index contributed by atoms with van der Waals surface area (Å²) in [5.41, 5.74) is 1.91. The predicted octanol–water partition coefficient (Wildman–Crippen LogP) is 4.20. The van der Waals surface area contributed by atoms with Gasteiger partial charge in [0.05, 0.1) is 6.54 Å². The van der Waals surface area contributed by atoms with Crippen molar-refractivity contribution in [3.05, 3.63) is 95.3 Å². The van der Waals surface area contributed by atoms with Crippen LogP contribution in [-0.2, 0) is 9.59 Å². The molecular weight excluding hydrogens is 536 g/mol. The summed E-state index contributed by atoms with van der Waals surface area (Å²) in [5.74, 6) is 1.12. The number of hydrogen-bond donors (Lipinski definition) is 5. The molecule has 4 N–H and O–H groups in total. The maximum Gasteiger partial charge on any atom is 0.239 e. The SMILES string of the molecule is CC(=O)NCCNc1cc(NC(=O)CN2CCC(O)([SH]3C=CC=C3)CC2c2ccccc2)nc(-c2ccccc2)n1. The number of carbonyl (C=O) groups is 2. The van der Waals surface area contributed by atoms with E-state index in [2.05, 4.69) is 53.8 Å². The molecule has 2 aliphatic rings. The Bertz CT molecular complexity index is 1410. The smallest absolute Gasteiger partial charge is 0.239 e. The molecule has 2 unspecified atom stereocenters. The zero-order valence-corrected chi connectivity index (χ0v) is 23.9. The van der Waals surface area contributed by atoms with Crippen molar-refractivity contribution in [1.29, 1.82) is 0 Å². The van der Waals surface area contributed by atoms with Crippen molar-refractivity contribution in [2.24, 2.45) is 0 Å². The van der Waals surface area contributed by atoms with E-state index in [0.717, 1.165) is 11.1 Å². The Hall–Kier alpha value is -3.99. The number of nitrogens with one attached hydrogen (secondary N) is 3. The van der Waals surface area contributed by atoms with Crippen molar-refractivity contribution in [2.75, 3.05) is 36.8 Å². The number of rotatable bonds is 10. The van der Waals surface area contributed by atoms with Gasteiger partial charge >= 0.3 is 0 Å². The molecule has 41 heavy (non-hydrogen) atoms. The van der Waals surface area contributed by atoms with Crippen molar-refractivity contribution in [2.45, 2.75) is 30.7 Å². The van der Waals surface area contributed by atoms with Crippen LogP contribution in [0.3, 0.4) is 0 Å². The number of benzene rings is 2. The molecule has 1 fully saturated rings. The molecular formula is C31H36N6O3S. The molecule has 214 valence electrons. The van der Waals surface area contributed by atoms with Crippen LogP contribution in [0.1, 0.15) is 31.4 Å². The number of likely N-dealkylation sites (tertiary alicyclic amines) is 1. The second kappa shape index (κ2) is 13.1. The van der Waals surface area contributed by atoms with Crippen LogP contribution in [-0.4, -0.2) is 62.9 Å². The van der Waals surface area contributed by atoms with Gasteiger partial charge in [-0.3, -0.25) is 14.5 Å². The van der Waals surface area contributed by atoms with E-state index in [-0.39, 0.29) is 24.4 Å². The van der Waals surface area contributed by atoms with E-state index in [9.17, 15) is 14.7 Å². The van der Waals surface area contributed by atoms with Crippen LogP contribution in [0.5, 0.6) is 0 Å². The maximum atomic E-state index is 13.4. The fraction of sp³-hybridized carbons (Fsp3) is 0.290. The van der Waals surface area contributed by atoms with Gasteiger partial charge in [0, 0.05) is 50.7 Å². The number of aliphatic hydroxyl groups is 1. The number of amides is 2. The number of allylic oxidation sites excluding steroid dienone is 2. The van der Waals surface area contributed by atoms with Crippen molar-refractivity contribution in [3.8, 4) is 11.4 Å². The van der Waals surface area contributed by atoms with Crippen LogP contribution < -0.4 is 16.0 Å². The second-order valence-electron chi connectivity index (χ2n) is 10.2. The maximum absolute atomic E-state index is 13.4. The van der Waals surface area contributed by atoms with Gasteiger partial charge in [-0.05, 0) is 22.8 Å². The van der Waals surface area contributed by atoms with E-state index in [4.69, 9.17) is 0 Å². The monoisotopic (exact) mass is 572 g/mol. The van der Waals surface area contributed by atoms with E-state index in [1.165, 1.54) is 6.92 Å². The molecule has 0 radical (unpaired) electrons. The molecule has 3 aromatic rings. The lowest BCUT2D eigenvalue weighted by Gasteiger charge is -2.47. The summed E-state index contributed by atoms with van der Waals surface area (Å²) < 4.78 is 0. The summed E-state index contributed by atoms with van der Waals surface area (Å²) in [7, 11) is -0.761. The number of carbonyl (C=O) groups excluding carboxylic acids is 2. The zero-order chi connectivity index (χ0) is 28.7. The Labute approximate surface area is 243 Å². The quantitative estimate of drug-likeness (QED) is 0.183. The van der Waals surface area contributed by atoms with E-state index in [0.29, 0.717) is 49.9 Å². The minimum atomic E-state index is -0.804. The normalized spacial score (nSPS) is 21.0. The van der Waals surface area contributed by atoms with Gasteiger partial charge in [-0.25, -0.2) is 9.97 Å². The third kappa shape index (κ3) is 7.40. The van der Waals surface area contributed by atoms with Crippen molar-refractivity contribution in [3.63, 3.8) is 0 Å². The first-order valence-electron chi connectivity index (χ1n) is 13.8. The van der Waals surface area contributed by atoms with Crippen LogP contribution in [0.25, 0.3) is 11.4 Å². The molecule has 0 spiro atoms. The lowest BCUT2D eigenvalue weighted by molar-refractivity contribution is -0.119. The van der Waals surface area contributed by atoms with Gasteiger partial charge in [0.1, 0.15) is 16.6 Å². The summed E-state index contributed by atoms with van der Waals surface area (Å²) in [6.07, 6.45) is 5.17. The largest absolute Gasteiger partial charge is 0.381 e. The highest BCUT2D eigenvalue weighted by Gasteiger charge is 2.42. The van der Waals surface area contributed by atoms with Gasteiger partial charge in [0.15, 0.2) is 5.82 Å². The molecule has 3 heterocycles. The third-order valence-electron chi connectivity index (χ3n) is 7.21.